The number of pyridine rings is 2. The van der Waals surface area contributed by atoms with Gasteiger partial charge in [-0.1, -0.05) is 30.9 Å². The molecule has 134 valence electrons. The number of nitrogens with zero attached hydrogens (tertiary/aromatic N) is 2. The standard InChI is InChI=1S/C19H26ClN5/c20-17-13-24-19(25-15-5-2-1-3-6-15)12-16(17)14-7-10-23-18(11-14)22-9-4-8-21/h7,10-13,15H,1-6,8-9,21H2,(H,22,23)(H,24,25). The monoisotopic (exact) mass is 359 g/mol. The van der Waals surface area contributed by atoms with Crippen molar-refractivity contribution in [3.05, 3.63) is 35.6 Å². The van der Waals surface area contributed by atoms with Gasteiger partial charge in [0.1, 0.15) is 11.6 Å². The number of rotatable bonds is 7. The fourth-order valence-electron chi connectivity index (χ4n) is 3.21. The first-order chi connectivity index (χ1) is 12.3. The highest BCUT2D eigenvalue weighted by Gasteiger charge is 2.14. The highest BCUT2D eigenvalue weighted by Crippen LogP contribution is 2.31. The van der Waals surface area contributed by atoms with E-state index in [1.54, 1.807) is 12.4 Å². The topological polar surface area (TPSA) is 75.9 Å². The normalized spacial score (nSPS) is 15.1. The largest absolute Gasteiger partial charge is 0.370 e. The summed E-state index contributed by atoms with van der Waals surface area (Å²) >= 11 is 6.41. The van der Waals surface area contributed by atoms with Crippen molar-refractivity contribution in [1.82, 2.24) is 9.97 Å². The van der Waals surface area contributed by atoms with E-state index in [9.17, 15) is 0 Å². The minimum absolute atomic E-state index is 0.515. The van der Waals surface area contributed by atoms with Crippen LogP contribution in [0.1, 0.15) is 38.5 Å². The quantitative estimate of drug-likeness (QED) is 0.642. The summed E-state index contributed by atoms with van der Waals surface area (Å²) in [5.74, 6) is 1.72. The Balaban J connectivity index is 1.76. The summed E-state index contributed by atoms with van der Waals surface area (Å²) in [5, 5.41) is 7.50. The summed E-state index contributed by atoms with van der Waals surface area (Å²) in [4.78, 5) is 8.81. The molecule has 5 nitrogen and oxygen atoms in total. The molecule has 3 rings (SSSR count). The van der Waals surface area contributed by atoms with Crippen LogP contribution >= 0.6 is 11.6 Å². The van der Waals surface area contributed by atoms with Crippen molar-refractivity contribution in [3.63, 3.8) is 0 Å². The van der Waals surface area contributed by atoms with Crippen LogP contribution < -0.4 is 16.4 Å². The number of hydrogen-bond acceptors (Lipinski definition) is 5. The fraction of sp³-hybridized carbons (Fsp3) is 0.474. The average molecular weight is 360 g/mol. The van der Waals surface area contributed by atoms with Crippen LogP contribution in [0, 0.1) is 0 Å². The second-order valence-electron chi connectivity index (χ2n) is 6.53. The minimum atomic E-state index is 0.515. The molecule has 0 aliphatic heterocycles. The van der Waals surface area contributed by atoms with Crippen LogP contribution in [0.2, 0.25) is 5.02 Å². The van der Waals surface area contributed by atoms with E-state index in [4.69, 9.17) is 17.3 Å². The summed E-state index contributed by atoms with van der Waals surface area (Å²) in [6.45, 7) is 1.48. The molecule has 2 aromatic rings. The van der Waals surface area contributed by atoms with Gasteiger partial charge in [0.05, 0.1) is 5.02 Å². The minimum Gasteiger partial charge on any atom is -0.370 e. The summed E-state index contributed by atoms with van der Waals surface area (Å²) < 4.78 is 0. The maximum Gasteiger partial charge on any atom is 0.126 e. The van der Waals surface area contributed by atoms with Gasteiger partial charge in [0.2, 0.25) is 0 Å². The molecule has 1 aliphatic carbocycles. The highest BCUT2D eigenvalue weighted by atomic mass is 35.5. The summed E-state index contributed by atoms with van der Waals surface area (Å²) in [6.07, 6.45) is 10.8. The molecule has 25 heavy (non-hydrogen) atoms. The zero-order chi connectivity index (χ0) is 17.5. The molecule has 0 radical (unpaired) electrons. The number of halogens is 1. The first kappa shape index (κ1) is 18.0. The Morgan fingerprint density at radius 3 is 2.76 bits per heavy atom. The zero-order valence-electron chi connectivity index (χ0n) is 14.5. The molecule has 0 saturated heterocycles. The Morgan fingerprint density at radius 2 is 1.96 bits per heavy atom. The molecule has 0 unspecified atom stereocenters. The smallest absolute Gasteiger partial charge is 0.126 e. The lowest BCUT2D eigenvalue weighted by Crippen LogP contribution is -2.22. The van der Waals surface area contributed by atoms with Crippen LogP contribution in [0.25, 0.3) is 11.1 Å². The number of nitrogens with one attached hydrogen (secondary N) is 2. The van der Waals surface area contributed by atoms with E-state index in [0.29, 0.717) is 17.6 Å². The number of nitrogens with two attached hydrogens (primary N) is 1. The van der Waals surface area contributed by atoms with Crippen LogP contribution in [-0.4, -0.2) is 29.1 Å². The van der Waals surface area contributed by atoms with E-state index in [1.165, 1.54) is 32.1 Å². The van der Waals surface area contributed by atoms with Crippen LogP contribution in [0.3, 0.4) is 0 Å². The van der Waals surface area contributed by atoms with Gasteiger partial charge in [0.25, 0.3) is 0 Å². The zero-order valence-corrected chi connectivity index (χ0v) is 15.2. The van der Waals surface area contributed by atoms with Gasteiger partial charge in [0, 0.05) is 30.5 Å². The van der Waals surface area contributed by atoms with Crippen LogP contribution in [0.15, 0.2) is 30.6 Å². The Labute approximate surface area is 154 Å². The molecule has 1 aliphatic rings. The van der Waals surface area contributed by atoms with Crippen molar-refractivity contribution < 1.29 is 0 Å². The molecule has 6 heteroatoms. The van der Waals surface area contributed by atoms with E-state index in [2.05, 4.69) is 20.6 Å². The van der Waals surface area contributed by atoms with Gasteiger partial charge in [-0.3, -0.25) is 0 Å². The number of aromatic nitrogens is 2. The molecule has 1 fully saturated rings. The van der Waals surface area contributed by atoms with Gasteiger partial charge in [-0.15, -0.1) is 0 Å². The van der Waals surface area contributed by atoms with E-state index in [1.807, 2.05) is 18.2 Å². The molecule has 0 atom stereocenters. The Bertz CT molecular complexity index is 685. The van der Waals surface area contributed by atoms with E-state index in [-0.39, 0.29) is 0 Å². The molecule has 4 N–H and O–H groups in total. The molecule has 0 spiro atoms. The molecule has 1 saturated carbocycles. The summed E-state index contributed by atoms with van der Waals surface area (Å²) in [5.41, 5.74) is 7.54. The lowest BCUT2D eigenvalue weighted by Gasteiger charge is -2.23. The summed E-state index contributed by atoms with van der Waals surface area (Å²) in [7, 11) is 0. The second-order valence-corrected chi connectivity index (χ2v) is 6.93. The molecule has 0 aromatic carbocycles. The van der Waals surface area contributed by atoms with Crippen molar-refractivity contribution in [2.24, 2.45) is 5.73 Å². The maximum absolute atomic E-state index is 6.41. The van der Waals surface area contributed by atoms with Crippen molar-refractivity contribution in [2.75, 3.05) is 23.7 Å². The lowest BCUT2D eigenvalue weighted by atomic mass is 9.95. The summed E-state index contributed by atoms with van der Waals surface area (Å²) in [6, 6.07) is 6.54. The van der Waals surface area contributed by atoms with Gasteiger partial charge in [-0.05, 0) is 49.6 Å². The van der Waals surface area contributed by atoms with Gasteiger partial charge in [-0.25, -0.2) is 9.97 Å². The van der Waals surface area contributed by atoms with Crippen molar-refractivity contribution >= 4 is 23.2 Å². The predicted molar refractivity (Wildman–Crippen MR) is 105 cm³/mol. The van der Waals surface area contributed by atoms with Gasteiger partial charge in [0.15, 0.2) is 0 Å². The third-order valence-electron chi connectivity index (χ3n) is 4.57. The molecular weight excluding hydrogens is 334 g/mol. The van der Waals surface area contributed by atoms with E-state index in [0.717, 1.165) is 35.7 Å². The number of anilines is 2. The van der Waals surface area contributed by atoms with Gasteiger partial charge >= 0.3 is 0 Å². The SMILES string of the molecule is NCCCNc1cc(-c2cc(NC3CCCCC3)ncc2Cl)ccn1. The van der Waals surface area contributed by atoms with E-state index < -0.39 is 0 Å². The van der Waals surface area contributed by atoms with Gasteiger partial charge in [-0.2, -0.15) is 0 Å². The average Bonchev–Trinajstić information content (AvgIpc) is 2.65. The molecule has 0 bridgehead atoms. The maximum atomic E-state index is 6.41. The predicted octanol–water partition coefficient (Wildman–Crippen LogP) is 4.30. The molecular formula is C19H26ClN5. The van der Waals surface area contributed by atoms with Crippen molar-refractivity contribution in [3.8, 4) is 11.1 Å². The third-order valence-corrected chi connectivity index (χ3v) is 4.87. The van der Waals surface area contributed by atoms with Crippen LogP contribution in [0.4, 0.5) is 11.6 Å². The van der Waals surface area contributed by atoms with Crippen molar-refractivity contribution in [1.29, 1.82) is 0 Å². The first-order valence-corrected chi connectivity index (χ1v) is 9.46. The highest BCUT2D eigenvalue weighted by molar-refractivity contribution is 6.33. The number of hydrogen-bond donors (Lipinski definition) is 3. The second kappa shape index (κ2) is 9.02. The Kier molecular flexibility index (Phi) is 6.48. The third kappa shape index (κ3) is 5.06. The molecule has 2 heterocycles. The first-order valence-electron chi connectivity index (χ1n) is 9.08. The van der Waals surface area contributed by atoms with Crippen LogP contribution in [-0.2, 0) is 0 Å². The Hall–Kier alpha value is -1.85. The molecule has 0 amide bonds. The van der Waals surface area contributed by atoms with Crippen molar-refractivity contribution in [2.45, 2.75) is 44.6 Å². The van der Waals surface area contributed by atoms with Crippen LogP contribution in [0.5, 0.6) is 0 Å². The molecule has 2 aromatic heterocycles. The fourth-order valence-corrected chi connectivity index (χ4v) is 3.42. The Morgan fingerprint density at radius 1 is 1.12 bits per heavy atom. The lowest BCUT2D eigenvalue weighted by molar-refractivity contribution is 0.462. The van der Waals surface area contributed by atoms with Gasteiger partial charge < -0.3 is 16.4 Å². The van der Waals surface area contributed by atoms with E-state index >= 15 is 0 Å².